The number of hydrogen-bond donors (Lipinski definition) is 1. The van der Waals surface area contributed by atoms with Gasteiger partial charge < -0.3 is 10.1 Å². The monoisotopic (exact) mass is 449 g/mol. The molecule has 4 rings (SSSR count). The quantitative estimate of drug-likeness (QED) is 0.498. The molecular formula is C24H20ClN3O2S. The lowest BCUT2D eigenvalue weighted by Gasteiger charge is -2.09. The minimum Gasteiger partial charge on any atom is -0.495 e. The number of benzene rings is 3. The van der Waals surface area contributed by atoms with Crippen molar-refractivity contribution in [2.75, 3.05) is 18.2 Å². The van der Waals surface area contributed by atoms with E-state index >= 15 is 0 Å². The van der Waals surface area contributed by atoms with Gasteiger partial charge in [0, 0.05) is 12.1 Å². The van der Waals surface area contributed by atoms with Gasteiger partial charge in [0.05, 0.1) is 40.0 Å². The number of thioether (sulfide) groups is 1. The number of fused-ring (bicyclic) bond motifs is 1. The van der Waals surface area contributed by atoms with Crippen LogP contribution in [-0.2, 0) is 4.79 Å². The van der Waals surface area contributed by atoms with Crippen molar-refractivity contribution < 1.29 is 9.53 Å². The van der Waals surface area contributed by atoms with Gasteiger partial charge in [0.25, 0.3) is 0 Å². The molecule has 0 fully saturated rings. The van der Waals surface area contributed by atoms with Crippen molar-refractivity contribution in [1.82, 2.24) is 0 Å². The number of halogens is 1. The van der Waals surface area contributed by atoms with Gasteiger partial charge >= 0.3 is 0 Å². The molecule has 0 unspecified atom stereocenters. The average molecular weight is 450 g/mol. The molecule has 0 bridgehead atoms. The van der Waals surface area contributed by atoms with Crippen molar-refractivity contribution in [3.63, 3.8) is 0 Å². The minimum atomic E-state index is -0.135. The van der Waals surface area contributed by atoms with E-state index in [1.54, 1.807) is 25.3 Å². The molecule has 5 nitrogen and oxygen atoms in total. The maximum absolute atomic E-state index is 12.5. The molecule has 0 saturated carbocycles. The highest BCUT2D eigenvalue weighted by Gasteiger charge is 2.16. The molecule has 0 radical (unpaired) electrons. The number of nitrogens with zero attached hydrogens (tertiary/aromatic N) is 2. The molecule has 31 heavy (non-hydrogen) atoms. The van der Waals surface area contributed by atoms with Crippen LogP contribution in [-0.4, -0.2) is 29.5 Å². The molecule has 1 aliphatic heterocycles. The summed E-state index contributed by atoms with van der Waals surface area (Å²) in [4.78, 5) is 22.1. The van der Waals surface area contributed by atoms with Crippen molar-refractivity contribution >= 4 is 57.1 Å². The lowest BCUT2D eigenvalue weighted by atomic mass is 10.1. The summed E-state index contributed by atoms with van der Waals surface area (Å²) in [6.45, 7) is 0. The predicted octanol–water partition coefficient (Wildman–Crippen LogP) is 6.28. The van der Waals surface area contributed by atoms with Gasteiger partial charge in [0.1, 0.15) is 5.75 Å². The second-order valence-corrected chi connectivity index (χ2v) is 8.24. The first-order valence-corrected chi connectivity index (χ1v) is 11.0. The molecular weight excluding hydrogens is 430 g/mol. The smallest absolute Gasteiger partial charge is 0.234 e. The van der Waals surface area contributed by atoms with Crippen LogP contribution in [0.1, 0.15) is 12.0 Å². The number of anilines is 1. The number of para-hydroxylation sites is 2. The van der Waals surface area contributed by atoms with E-state index in [4.69, 9.17) is 26.3 Å². The Bertz CT molecular complexity index is 1160. The molecule has 1 heterocycles. The zero-order valence-electron chi connectivity index (χ0n) is 16.8. The molecule has 3 aromatic rings. The normalized spacial score (nSPS) is 12.8. The number of carbonyl (C=O) groups excluding carboxylic acids is 1. The van der Waals surface area contributed by atoms with Gasteiger partial charge in [0.2, 0.25) is 5.91 Å². The largest absolute Gasteiger partial charge is 0.495 e. The minimum absolute atomic E-state index is 0.135. The van der Waals surface area contributed by atoms with E-state index in [-0.39, 0.29) is 11.7 Å². The fourth-order valence-corrected chi connectivity index (χ4v) is 4.16. The molecule has 0 aliphatic carbocycles. The zero-order chi connectivity index (χ0) is 21.6. The Morgan fingerprint density at radius 2 is 1.74 bits per heavy atom. The number of amides is 1. The summed E-state index contributed by atoms with van der Waals surface area (Å²) in [5.41, 5.74) is 4.23. The zero-order valence-corrected chi connectivity index (χ0v) is 18.4. The Kier molecular flexibility index (Phi) is 6.70. The van der Waals surface area contributed by atoms with Crippen molar-refractivity contribution in [2.24, 2.45) is 9.98 Å². The maximum atomic E-state index is 12.5. The lowest BCUT2D eigenvalue weighted by molar-refractivity contribution is -0.113. The number of aliphatic imine (C=N–C) groups is 2. The van der Waals surface area contributed by atoms with Gasteiger partial charge in [-0.2, -0.15) is 0 Å². The Morgan fingerprint density at radius 1 is 1.03 bits per heavy atom. The SMILES string of the molecule is COc1ccc(NC(=O)CSC2=Nc3ccccc3N=C(c3ccccc3)C2)cc1Cl. The third-order valence-corrected chi connectivity index (χ3v) is 5.88. The summed E-state index contributed by atoms with van der Waals surface area (Å²) in [5.74, 6) is 0.658. The summed E-state index contributed by atoms with van der Waals surface area (Å²) < 4.78 is 5.14. The van der Waals surface area contributed by atoms with Crippen LogP contribution in [0.25, 0.3) is 0 Å². The summed E-state index contributed by atoms with van der Waals surface area (Å²) in [7, 11) is 1.55. The number of ether oxygens (including phenoxy) is 1. The van der Waals surface area contributed by atoms with Gasteiger partial charge in [-0.3, -0.25) is 9.79 Å². The fraction of sp³-hybridized carbons (Fsp3) is 0.125. The van der Waals surface area contributed by atoms with Crippen LogP contribution in [0, 0.1) is 0 Å². The van der Waals surface area contributed by atoms with Crippen molar-refractivity contribution in [3.05, 3.63) is 83.4 Å². The molecule has 0 atom stereocenters. The van der Waals surface area contributed by atoms with Crippen LogP contribution in [0.15, 0.2) is 82.8 Å². The van der Waals surface area contributed by atoms with Gasteiger partial charge in [-0.15, -0.1) is 11.8 Å². The van der Waals surface area contributed by atoms with E-state index < -0.39 is 0 Å². The van der Waals surface area contributed by atoms with Crippen LogP contribution < -0.4 is 10.1 Å². The van der Waals surface area contributed by atoms with Crippen LogP contribution in [0.2, 0.25) is 5.02 Å². The van der Waals surface area contributed by atoms with E-state index in [0.717, 1.165) is 27.7 Å². The van der Waals surface area contributed by atoms with Crippen LogP contribution in [0.3, 0.4) is 0 Å². The van der Waals surface area contributed by atoms with E-state index in [0.29, 0.717) is 22.9 Å². The Hall–Kier alpha value is -3.09. The Morgan fingerprint density at radius 3 is 2.45 bits per heavy atom. The van der Waals surface area contributed by atoms with E-state index in [1.165, 1.54) is 11.8 Å². The van der Waals surface area contributed by atoms with Crippen LogP contribution in [0.5, 0.6) is 5.75 Å². The molecule has 1 amide bonds. The number of rotatable bonds is 5. The van der Waals surface area contributed by atoms with Crippen LogP contribution in [0.4, 0.5) is 17.1 Å². The molecule has 0 spiro atoms. The lowest BCUT2D eigenvalue weighted by Crippen LogP contribution is -2.16. The molecule has 3 aromatic carbocycles. The molecule has 0 saturated heterocycles. The topological polar surface area (TPSA) is 63.0 Å². The van der Waals surface area contributed by atoms with Gasteiger partial charge in [0.15, 0.2) is 0 Å². The van der Waals surface area contributed by atoms with Gasteiger partial charge in [-0.05, 0) is 35.9 Å². The molecule has 0 aromatic heterocycles. The number of carbonyl (C=O) groups is 1. The van der Waals surface area contributed by atoms with Crippen LogP contribution >= 0.6 is 23.4 Å². The first kappa shape index (κ1) is 21.2. The Labute approximate surface area is 190 Å². The van der Waals surface area contributed by atoms with Crippen molar-refractivity contribution in [1.29, 1.82) is 0 Å². The summed E-state index contributed by atoms with van der Waals surface area (Å²) in [5, 5.41) is 4.16. The summed E-state index contributed by atoms with van der Waals surface area (Å²) in [6, 6.07) is 23.0. The third-order valence-electron chi connectivity index (χ3n) is 4.61. The molecule has 7 heteroatoms. The number of methoxy groups -OCH3 is 1. The molecule has 1 aliphatic rings. The highest BCUT2D eigenvalue weighted by atomic mass is 35.5. The Balaban J connectivity index is 1.49. The fourth-order valence-electron chi connectivity index (χ4n) is 3.13. The molecule has 1 N–H and O–H groups in total. The maximum Gasteiger partial charge on any atom is 0.234 e. The second-order valence-electron chi connectivity index (χ2n) is 6.78. The van der Waals surface area contributed by atoms with E-state index in [1.807, 2.05) is 54.6 Å². The molecule has 156 valence electrons. The van der Waals surface area contributed by atoms with E-state index in [9.17, 15) is 4.79 Å². The van der Waals surface area contributed by atoms with Gasteiger partial charge in [-0.1, -0.05) is 54.1 Å². The first-order valence-electron chi connectivity index (χ1n) is 9.68. The highest BCUT2D eigenvalue weighted by molar-refractivity contribution is 8.14. The standard InChI is InChI=1S/C24H20ClN3O2S/c1-30-22-12-11-17(13-18(22)25)26-23(29)15-31-24-14-21(16-7-3-2-4-8-16)27-19-9-5-6-10-20(19)28-24/h2-13H,14-15H2,1H3,(H,26,29). The predicted molar refractivity (Wildman–Crippen MR) is 130 cm³/mol. The van der Waals surface area contributed by atoms with Crippen molar-refractivity contribution in [3.8, 4) is 5.75 Å². The summed E-state index contributed by atoms with van der Waals surface area (Å²) >= 11 is 7.55. The first-order chi connectivity index (χ1) is 15.1. The summed E-state index contributed by atoms with van der Waals surface area (Å²) in [6.07, 6.45) is 0.561. The van der Waals surface area contributed by atoms with Crippen molar-refractivity contribution in [2.45, 2.75) is 6.42 Å². The van der Waals surface area contributed by atoms with E-state index in [2.05, 4.69) is 5.32 Å². The number of nitrogens with one attached hydrogen (secondary N) is 1. The third kappa shape index (κ3) is 5.34. The second kappa shape index (κ2) is 9.81. The van der Waals surface area contributed by atoms with Gasteiger partial charge in [-0.25, -0.2) is 4.99 Å². The highest BCUT2D eigenvalue weighted by Crippen LogP contribution is 2.33. The number of hydrogen-bond acceptors (Lipinski definition) is 5. The average Bonchev–Trinajstić information content (AvgIpc) is 2.98.